The Bertz CT molecular complexity index is 253. The lowest BCUT2D eigenvalue weighted by Crippen LogP contribution is -2.02. The first-order valence-electron chi connectivity index (χ1n) is 5.15. The van der Waals surface area contributed by atoms with Gasteiger partial charge in [-0.15, -0.1) is 0 Å². The summed E-state index contributed by atoms with van der Waals surface area (Å²) >= 11 is 1.77. The first-order valence-corrected chi connectivity index (χ1v) is 6.10. The Kier molecular flexibility index (Phi) is 3.20. The molecule has 1 heteroatoms. The van der Waals surface area contributed by atoms with Crippen LogP contribution in [0.25, 0.3) is 6.08 Å². The number of allylic oxidation sites excluding steroid dienone is 1. The van der Waals surface area contributed by atoms with Gasteiger partial charge in [0.15, 0.2) is 0 Å². The van der Waals surface area contributed by atoms with Crippen LogP contribution in [-0.4, -0.2) is 0 Å². The topological polar surface area (TPSA) is 0 Å². The van der Waals surface area contributed by atoms with Gasteiger partial charge in [-0.25, -0.2) is 0 Å². The predicted octanol–water partition coefficient (Wildman–Crippen LogP) is 4.34. The highest BCUT2D eigenvalue weighted by Gasteiger charge is 2.09. The van der Waals surface area contributed by atoms with Crippen molar-refractivity contribution in [3.8, 4) is 0 Å². The summed E-state index contributed by atoms with van der Waals surface area (Å²) in [6.45, 7) is 0. The van der Waals surface area contributed by atoms with Crippen LogP contribution < -0.4 is 0 Å². The summed E-state index contributed by atoms with van der Waals surface area (Å²) in [5, 5.41) is 4.35. The molecule has 1 aliphatic rings. The van der Waals surface area contributed by atoms with Crippen LogP contribution in [0.1, 0.15) is 37.7 Å². The fourth-order valence-electron chi connectivity index (χ4n) is 1.94. The summed E-state index contributed by atoms with van der Waals surface area (Å²) in [4.78, 5) is 0. The lowest BCUT2D eigenvalue weighted by molar-refractivity contribution is 0.420. The molecule has 0 aromatic carbocycles. The second kappa shape index (κ2) is 4.61. The van der Waals surface area contributed by atoms with E-state index in [0.29, 0.717) is 0 Å². The molecule has 0 nitrogen and oxygen atoms in total. The van der Waals surface area contributed by atoms with Crippen LogP contribution in [0.15, 0.2) is 22.9 Å². The zero-order valence-electron chi connectivity index (χ0n) is 7.91. The van der Waals surface area contributed by atoms with E-state index in [1.807, 2.05) is 0 Å². The number of thiophene rings is 1. The molecule has 1 saturated carbocycles. The molecule has 1 aliphatic carbocycles. The highest BCUT2D eigenvalue weighted by atomic mass is 32.1. The molecule has 0 bridgehead atoms. The van der Waals surface area contributed by atoms with E-state index in [1.165, 1.54) is 37.7 Å². The van der Waals surface area contributed by atoms with Crippen LogP contribution >= 0.6 is 11.3 Å². The summed E-state index contributed by atoms with van der Waals surface area (Å²) in [5.41, 5.74) is 1.37. The Labute approximate surface area is 84.3 Å². The Hall–Kier alpha value is -0.560. The molecule has 0 aliphatic heterocycles. The van der Waals surface area contributed by atoms with Crippen LogP contribution in [0.2, 0.25) is 0 Å². The minimum Gasteiger partial charge on any atom is -0.152 e. The molecule has 2 rings (SSSR count). The second-order valence-corrected chi connectivity index (χ2v) is 4.59. The van der Waals surface area contributed by atoms with Crippen molar-refractivity contribution in [1.82, 2.24) is 0 Å². The van der Waals surface area contributed by atoms with Crippen molar-refractivity contribution in [3.63, 3.8) is 0 Å². The van der Waals surface area contributed by atoms with Gasteiger partial charge in [-0.1, -0.05) is 31.4 Å². The van der Waals surface area contributed by atoms with Crippen LogP contribution in [0, 0.1) is 5.92 Å². The van der Waals surface area contributed by atoms with E-state index in [4.69, 9.17) is 0 Å². The number of hydrogen-bond acceptors (Lipinski definition) is 1. The third-order valence-corrected chi connectivity index (χ3v) is 3.46. The zero-order chi connectivity index (χ0) is 8.93. The van der Waals surface area contributed by atoms with E-state index in [1.54, 1.807) is 11.3 Å². The summed E-state index contributed by atoms with van der Waals surface area (Å²) in [5.74, 6) is 0.855. The van der Waals surface area contributed by atoms with Gasteiger partial charge in [-0.3, -0.25) is 0 Å². The third-order valence-electron chi connectivity index (χ3n) is 2.75. The molecule has 1 heterocycles. The molecule has 0 spiro atoms. The minimum atomic E-state index is 0.855. The fraction of sp³-hybridized carbons (Fsp3) is 0.500. The van der Waals surface area contributed by atoms with Gasteiger partial charge in [0.1, 0.15) is 0 Å². The first-order chi connectivity index (χ1) is 6.45. The molecule has 0 radical (unpaired) electrons. The number of rotatable bonds is 2. The van der Waals surface area contributed by atoms with Gasteiger partial charge < -0.3 is 0 Å². The second-order valence-electron chi connectivity index (χ2n) is 3.81. The molecule has 0 N–H and O–H groups in total. The molecule has 0 amide bonds. The Morgan fingerprint density at radius 1 is 1.23 bits per heavy atom. The van der Waals surface area contributed by atoms with Crippen molar-refractivity contribution in [2.45, 2.75) is 32.1 Å². The minimum absolute atomic E-state index is 0.855. The first kappa shape index (κ1) is 9.01. The Morgan fingerprint density at radius 2 is 2.08 bits per heavy atom. The average Bonchev–Trinajstić information content (AvgIpc) is 2.69. The highest BCUT2D eigenvalue weighted by Crippen LogP contribution is 2.25. The maximum Gasteiger partial charge on any atom is -0.00209 e. The van der Waals surface area contributed by atoms with Crippen LogP contribution in [0.5, 0.6) is 0 Å². The maximum atomic E-state index is 2.40. The van der Waals surface area contributed by atoms with E-state index in [9.17, 15) is 0 Å². The molecule has 0 saturated heterocycles. The quantitative estimate of drug-likeness (QED) is 0.654. The van der Waals surface area contributed by atoms with Crippen molar-refractivity contribution >= 4 is 17.4 Å². The van der Waals surface area contributed by atoms with Crippen LogP contribution in [-0.2, 0) is 0 Å². The van der Waals surface area contributed by atoms with Crippen molar-refractivity contribution in [1.29, 1.82) is 0 Å². The van der Waals surface area contributed by atoms with Crippen LogP contribution in [0.3, 0.4) is 0 Å². The Morgan fingerprint density at radius 3 is 2.77 bits per heavy atom. The van der Waals surface area contributed by atoms with Crippen molar-refractivity contribution in [2.24, 2.45) is 5.92 Å². The van der Waals surface area contributed by atoms with E-state index < -0.39 is 0 Å². The van der Waals surface area contributed by atoms with Crippen molar-refractivity contribution < 1.29 is 0 Å². The van der Waals surface area contributed by atoms with Gasteiger partial charge in [0.25, 0.3) is 0 Å². The van der Waals surface area contributed by atoms with E-state index in [0.717, 1.165) is 5.92 Å². The smallest absolute Gasteiger partial charge is 0.00209 e. The lowest BCUT2D eigenvalue weighted by atomic mass is 9.89. The molecule has 1 aromatic heterocycles. The molecule has 1 fully saturated rings. The highest BCUT2D eigenvalue weighted by molar-refractivity contribution is 7.08. The fourth-order valence-corrected chi connectivity index (χ4v) is 2.57. The van der Waals surface area contributed by atoms with Crippen molar-refractivity contribution in [3.05, 3.63) is 28.5 Å². The summed E-state index contributed by atoms with van der Waals surface area (Å²) in [6, 6.07) is 2.18. The molecular formula is C12H16S. The molecular weight excluding hydrogens is 176 g/mol. The largest absolute Gasteiger partial charge is 0.152 e. The standard InChI is InChI=1S/C12H16S/c1-2-4-11(5-3-1)6-7-12-8-9-13-10-12/h6-11H,1-5H2/b7-6+. The van der Waals surface area contributed by atoms with E-state index in [2.05, 4.69) is 29.0 Å². The van der Waals surface area contributed by atoms with Gasteiger partial charge >= 0.3 is 0 Å². The summed E-state index contributed by atoms with van der Waals surface area (Å²) < 4.78 is 0. The molecule has 1 aromatic rings. The lowest BCUT2D eigenvalue weighted by Gasteiger charge is -2.17. The monoisotopic (exact) mass is 192 g/mol. The zero-order valence-corrected chi connectivity index (χ0v) is 8.72. The van der Waals surface area contributed by atoms with Crippen LogP contribution in [0.4, 0.5) is 0 Å². The van der Waals surface area contributed by atoms with Gasteiger partial charge in [0.2, 0.25) is 0 Å². The molecule has 0 atom stereocenters. The molecule has 0 unspecified atom stereocenters. The molecule has 70 valence electrons. The summed E-state index contributed by atoms with van der Waals surface area (Å²) in [6.07, 6.45) is 11.8. The van der Waals surface area contributed by atoms with Crippen molar-refractivity contribution in [2.75, 3.05) is 0 Å². The maximum absolute atomic E-state index is 2.40. The van der Waals surface area contributed by atoms with Gasteiger partial charge in [-0.2, -0.15) is 11.3 Å². The number of hydrogen-bond donors (Lipinski definition) is 0. The normalized spacial score (nSPS) is 19.7. The van der Waals surface area contributed by atoms with Gasteiger partial charge in [0, 0.05) is 0 Å². The third kappa shape index (κ3) is 2.70. The summed E-state index contributed by atoms with van der Waals surface area (Å²) in [7, 11) is 0. The van der Waals surface area contributed by atoms with Gasteiger partial charge in [-0.05, 0) is 41.1 Å². The Balaban J connectivity index is 1.89. The predicted molar refractivity (Wildman–Crippen MR) is 59.9 cm³/mol. The van der Waals surface area contributed by atoms with E-state index in [-0.39, 0.29) is 0 Å². The van der Waals surface area contributed by atoms with E-state index >= 15 is 0 Å². The average molecular weight is 192 g/mol. The van der Waals surface area contributed by atoms with Gasteiger partial charge in [0.05, 0.1) is 0 Å². The SMILES string of the molecule is C(=C\C1CCCCC1)/c1ccsc1. The molecule has 13 heavy (non-hydrogen) atoms.